The first-order valence-electron chi connectivity index (χ1n) is 7.09. The third kappa shape index (κ3) is 2.06. The molecule has 0 spiro atoms. The highest BCUT2D eigenvalue weighted by Crippen LogP contribution is 2.40. The normalized spacial score (nSPS) is 17.3. The van der Waals surface area contributed by atoms with Crippen LogP contribution in [0.3, 0.4) is 0 Å². The average Bonchev–Trinajstić information content (AvgIpc) is 3.09. The van der Waals surface area contributed by atoms with Gasteiger partial charge in [-0.3, -0.25) is 4.72 Å². The minimum Gasteiger partial charge on any atom is -0.360 e. The number of aromatic amines is 1. The van der Waals surface area contributed by atoms with Gasteiger partial charge in [0.1, 0.15) is 5.82 Å². The second-order valence-electron chi connectivity index (χ2n) is 5.33. The molecule has 1 aliphatic heterocycles. The molecule has 2 aromatic carbocycles. The average molecular weight is 298 g/mol. The molecule has 3 aromatic rings. The minimum atomic E-state index is -0.212. The smallest absolute Gasteiger partial charge is 0.125 e. The molecule has 1 aliphatic rings. The van der Waals surface area contributed by atoms with Crippen molar-refractivity contribution in [2.45, 2.75) is 24.3 Å². The van der Waals surface area contributed by atoms with E-state index in [1.807, 2.05) is 12.3 Å². The lowest BCUT2D eigenvalue weighted by Crippen LogP contribution is -2.05. The molecule has 106 valence electrons. The molecule has 0 amide bonds. The molecule has 1 aromatic heterocycles. The van der Waals surface area contributed by atoms with Gasteiger partial charge in [-0.2, -0.15) is 0 Å². The number of benzene rings is 2. The Morgan fingerprint density at radius 3 is 2.95 bits per heavy atom. The van der Waals surface area contributed by atoms with E-state index >= 15 is 0 Å². The van der Waals surface area contributed by atoms with Crippen molar-refractivity contribution >= 4 is 22.9 Å². The van der Waals surface area contributed by atoms with Gasteiger partial charge in [-0.25, -0.2) is 4.39 Å². The number of nitrogens with one attached hydrogen (secondary N) is 2. The first kappa shape index (κ1) is 12.9. The maximum Gasteiger partial charge on any atom is 0.125 e. The quantitative estimate of drug-likeness (QED) is 0.649. The van der Waals surface area contributed by atoms with Crippen LogP contribution in [0.5, 0.6) is 0 Å². The molecule has 0 fully saturated rings. The number of rotatable bonds is 2. The predicted octanol–water partition coefficient (Wildman–Crippen LogP) is 5.04. The van der Waals surface area contributed by atoms with E-state index in [0.29, 0.717) is 6.04 Å². The number of hydrogen-bond donors (Lipinski definition) is 2. The number of halogens is 1. The second-order valence-corrected chi connectivity index (χ2v) is 6.21. The van der Waals surface area contributed by atoms with Crippen LogP contribution >= 0.6 is 11.9 Å². The lowest BCUT2D eigenvalue weighted by Gasteiger charge is -2.09. The summed E-state index contributed by atoms with van der Waals surface area (Å²) in [4.78, 5) is 4.46. The highest BCUT2D eigenvalue weighted by atomic mass is 32.2. The Bertz CT molecular complexity index is 825. The van der Waals surface area contributed by atoms with Crippen molar-refractivity contribution in [1.82, 2.24) is 9.71 Å². The molecule has 2 nitrogen and oxygen atoms in total. The van der Waals surface area contributed by atoms with Crippen molar-refractivity contribution in [3.8, 4) is 11.1 Å². The maximum absolute atomic E-state index is 13.3. The Morgan fingerprint density at radius 2 is 2.10 bits per heavy atom. The molecule has 0 aliphatic carbocycles. The second kappa shape index (κ2) is 4.90. The highest BCUT2D eigenvalue weighted by molar-refractivity contribution is 7.97. The van der Waals surface area contributed by atoms with Gasteiger partial charge in [0.25, 0.3) is 0 Å². The van der Waals surface area contributed by atoms with E-state index in [4.69, 9.17) is 0 Å². The van der Waals surface area contributed by atoms with Gasteiger partial charge in [0, 0.05) is 33.6 Å². The van der Waals surface area contributed by atoms with E-state index < -0.39 is 0 Å². The van der Waals surface area contributed by atoms with Crippen LogP contribution in [0, 0.1) is 5.82 Å². The van der Waals surface area contributed by atoms with E-state index in [1.165, 1.54) is 22.1 Å². The van der Waals surface area contributed by atoms with Crippen LogP contribution in [-0.4, -0.2) is 4.98 Å². The molecule has 4 rings (SSSR count). The lowest BCUT2D eigenvalue weighted by atomic mass is 9.98. The van der Waals surface area contributed by atoms with Crippen LogP contribution in [0.25, 0.3) is 22.0 Å². The lowest BCUT2D eigenvalue weighted by molar-refractivity contribution is 0.629. The maximum atomic E-state index is 13.3. The number of fused-ring (bicyclic) bond motifs is 2. The SMILES string of the molecule is CC[C@@H]1NSc2ccc(-c3c[nH]c4cc(F)ccc34)cc21. The summed E-state index contributed by atoms with van der Waals surface area (Å²) in [6.45, 7) is 2.19. The summed E-state index contributed by atoms with van der Waals surface area (Å²) >= 11 is 1.70. The Hall–Kier alpha value is -1.78. The Morgan fingerprint density at radius 1 is 1.19 bits per heavy atom. The van der Waals surface area contributed by atoms with E-state index in [2.05, 4.69) is 34.8 Å². The van der Waals surface area contributed by atoms with Gasteiger partial charge in [0.2, 0.25) is 0 Å². The Kier molecular flexibility index (Phi) is 3.01. The summed E-state index contributed by atoms with van der Waals surface area (Å²) in [7, 11) is 0. The van der Waals surface area contributed by atoms with Crippen molar-refractivity contribution in [1.29, 1.82) is 0 Å². The minimum absolute atomic E-state index is 0.212. The molecule has 1 atom stereocenters. The van der Waals surface area contributed by atoms with E-state index in [9.17, 15) is 4.39 Å². The van der Waals surface area contributed by atoms with Crippen molar-refractivity contribution in [3.63, 3.8) is 0 Å². The van der Waals surface area contributed by atoms with Crippen LogP contribution in [0.15, 0.2) is 47.5 Å². The monoisotopic (exact) mass is 298 g/mol. The van der Waals surface area contributed by atoms with Crippen molar-refractivity contribution in [2.24, 2.45) is 0 Å². The third-order valence-electron chi connectivity index (χ3n) is 4.06. The van der Waals surface area contributed by atoms with E-state index in [1.54, 1.807) is 18.0 Å². The summed E-state index contributed by atoms with van der Waals surface area (Å²) in [5.41, 5.74) is 4.50. The molecule has 2 N–H and O–H groups in total. The number of H-pyrrole nitrogens is 1. The van der Waals surface area contributed by atoms with Gasteiger partial charge >= 0.3 is 0 Å². The molecule has 4 heteroatoms. The highest BCUT2D eigenvalue weighted by Gasteiger charge is 2.22. The van der Waals surface area contributed by atoms with Gasteiger partial charge in [-0.05, 0) is 59.8 Å². The fourth-order valence-electron chi connectivity index (χ4n) is 2.92. The molecular weight excluding hydrogens is 283 g/mol. The van der Waals surface area contributed by atoms with Crippen molar-refractivity contribution in [2.75, 3.05) is 0 Å². The Labute approximate surface area is 126 Å². The molecule has 0 saturated carbocycles. The zero-order valence-electron chi connectivity index (χ0n) is 11.6. The summed E-state index contributed by atoms with van der Waals surface area (Å²) in [5, 5.41) is 1.06. The van der Waals surface area contributed by atoms with Gasteiger partial charge in [0.05, 0.1) is 0 Å². The van der Waals surface area contributed by atoms with Crippen molar-refractivity contribution < 1.29 is 4.39 Å². The molecule has 0 bridgehead atoms. The zero-order chi connectivity index (χ0) is 14.4. The van der Waals surface area contributed by atoms with Gasteiger partial charge in [-0.1, -0.05) is 13.0 Å². The molecule has 21 heavy (non-hydrogen) atoms. The molecular formula is C17H15FN2S. The van der Waals surface area contributed by atoms with E-state index in [-0.39, 0.29) is 5.82 Å². The zero-order valence-corrected chi connectivity index (χ0v) is 12.4. The van der Waals surface area contributed by atoms with Crippen LogP contribution < -0.4 is 4.72 Å². The van der Waals surface area contributed by atoms with Crippen LogP contribution in [0.1, 0.15) is 24.9 Å². The summed E-state index contributed by atoms with van der Waals surface area (Å²) < 4.78 is 16.7. The predicted molar refractivity (Wildman–Crippen MR) is 85.7 cm³/mol. The number of hydrogen-bond acceptors (Lipinski definition) is 2. The summed E-state index contributed by atoms with van der Waals surface area (Å²) in [6.07, 6.45) is 3.03. The molecule has 0 radical (unpaired) electrons. The van der Waals surface area contributed by atoms with Gasteiger partial charge < -0.3 is 4.98 Å². The first-order valence-corrected chi connectivity index (χ1v) is 7.91. The Balaban J connectivity index is 1.86. The largest absolute Gasteiger partial charge is 0.360 e. The fourth-order valence-corrected chi connectivity index (χ4v) is 3.94. The van der Waals surface area contributed by atoms with Crippen LogP contribution in [0.4, 0.5) is 4.39 Å². The van der Waals surface area contributed by atoms with Crippen LogP contribution in [-0.2, 0) is 0 Å². The molecule has 0 saturated heterocycles. The van der Waals surface area contributed by atoms with Crippen LogP contribution in [0.2, 0.25) is 0 Å². The van der Waals surface area contributed by atoms with Gasteiger partial charge in [0.15, 0.2) is 0 Å². The standard InChI is InChI=1S/C17H15FN2S/c1-2-15-13-7-10(3-6-17(13)21-20-15)14-9-19-16-8-11(18)4-5-12(14)16/h3-9,15,19-20H,2H2,1H3/t15-/m0/s1. The first-order chi connectivity index (χ1) is 10.3. The fraction of sp³-hybridized carbons (Fsp3) is 0.176. The molecule has 2 heterocycles. The van der Waals surface area contributed by atoms with Gasteiger partial charge in [-0.15, -0.1) is 0 Å². The molecule has 0 unspecified atom stereocenters. The number of aromatic nitrogens is 1. The summed E-state index contributed by atoms with van der Waals surface area (Å²) in [5.74, 6) is -0.212. The summed E-state index contributed by atoms with van der Waals surface area (Å²) in [6, 6.07) is 11.9. The topological polar surface area (TPSA) is 27.8 Å². The third-order valence-corrected chi connectivity index (χ3v) is 5.05. The van der Waals surface area contributed by atoms with E-state index in [0.717, 1.165) is 22.9 Å². The van der Waals surface area contributed by atoms with Crippen molar-refractivity contribution in [3.05, 3.63) is 54.0 Å².